The molecule has 1 unspecified atom stereocenters. The number of aromatic hydroxyl groups is 1. The van der Waals surface area contributed by atoms with E-state index in [1.54, 1.807) is 12.1 Å². The highest BCUT2D eigenvalue weighted by molar-refractivity contribution is 5.86. The zero-order chi connectivity index (χ0) is 17.6. The van der Waals surface area contributed by atoms with E-state index in [0.717, 1.165) is 25.1 Å². The quantitative estimate of drug-likeness (QED) is 0.592. The normalized spacial score (nSPS) is 24.0. The summed E-state index contributed by atoms with van der Waals surface area (Å²) < 4.78 is 0. The Labute approximate surface area is 148 Å². The number of nitrogen functional groups attached to an aromatic ring is 1. The highest BCUT2D eigenvalue weighted by Crippen LogP contribution is 2.49. The number of hydrogen-bond donors (Lipinski definition) is 5. The Bertz CT molecular complexity index is 826. The van der Waals surface area contributed by atoms with Gasteiger partial charge in [-0.2, -0.15) is 0 Å². The van der Waals surface area contributed by atoms with E-state index in [2.05, 4.69) is 17.2 Å². The zero-order valence-corrected chi connectivity index (χ0v) is 14.6. The van der Waals surface area contributed by atoms with E-state index < -0.39 is 0 Å². The van der Waals surface area contributed by atoms with E-state index >= 15 is 0 Å². The van der Waals surface area contributed by atoms with Crippen molar-refractivity contribution in [3.05, 3.63) is 46.6 Å². The van der Waals surface area contributed by atoms with Gasteiger partial charge in [0.25, 0.3) is 0 Å². The van der Waals surface area contributed by atoms with Crippen molar-refractivity contribution in [3.63, 3.8) is 0 Å². The summed E-state index contributed by atoms with van der Waals surface area (Å²) in [5.74, 6) is 1.42. The number of phenols is 1. The number of anilines is 1. The molecule has 7 N–H and O–H groups in total. The number of hydrogen-bond acceptors (Lipinski definition) is 4. The summed E-state index contributed by atoms with van der Waals surface area (Å²) >= 11 is 0. The Hall–Kier alpha value is -2.40. The molecule has 1 aromatic carbocycles. The average molecular weight is 338 g/mol. The van der Waals surface area contributed by atoms with Gasteiger partial charge in [0.2, 0.25) is 0 Å². The maximum absolute atomic E-state index is 10.1. The standard InChI is InChI=1S/C20H26N4O/c1-20(8-9-23-11-20)18-17(12-6-7-12)14(19(22)24-18)10-15(21)13-4-2-3-5-16(13)25/h2-5,10,12,23-25H,6-9,11,21-22H2,1H3/b15-10-. The van der Waals surface area contributed by atoms with E-state index in [0.29, 0.717) is 23.0 Å². The molecule has 2 fully saturated rings. The Balaban J connectivity index is 1.81. The van der Waals surface area contributed by atoms with Gasteiger partial charge in [-0.25, -0.2) is 0 Å². The average Bonchev–Trinajstić information content (AvgIpc) is 3.24. The van der Waals surface area contributed by atoms with Crippen molar-refractivity contribution in [1.29, 1.82) is 0 Å². The van der Waals surface area contributed by atoms with Crippen LogP contribution in [0.25, 0.3) is 11.8 Å². The van der Waals surface area contributed by atoms with Crippen LogP contribution in [0.4, 0.5) is 5.82 Å². The number of rotatable bonds is 4. The monoisotopic (exact) mass is 338 g/mol. The van der Waals surface area contributed by atoms with Crippen LogP contribution in [-0.2, 0) is 5.41 Å². The SMILES string of the molecule is CC1(c2[nH]c(N)c(/C=C(\N)c3ccccc3O)c2C2CC2)CCNC1. The van der Waals surface area contributed by atoms with Crippen molar-refractivity contribution in [3.8, 4) is 5.75 Å². The van der Waals surface area contributed by atoms with Crippen LogP contribution in [0.3, 0.4) is 0 Å². The molecule has 132 valence electrons. The lowest BCUT2D eigenvalue weighted by Crippen LogP contribution is -2.26. The molecule has 0 amide bonds. The fraction of sp³-hybridized carbons (Fsp3) is 0.400. The summed E-state index contributed by atoms with van der Waals surface area (Å²) in [4.78, 5) is 3.46. The molecule has 4 rings (SSSR count). The van der Waals surface area contributed by atoms with Gasteiger partial charge < -0.3 is 26.9 Å². The fourth-order valence-corrected chi connectivity index (χ4v) is 3.96. The summed E-state index contributed by atoms with van der Waals surface area (Å²) in [6, 6.07) is 7.13. The number of aromatic amines is 1. The second-order valence-electron chi connectivity index (χ2n) is 7.62. The van der Waals surface area contributed by atoms with Crippen LogP contribution in [0.2, 0.25) is 0 Å². The van der Waals surface area contributed by atoms with E-state index in [1.165, 1.54) is 24.1 Å². The molecular formula is C20H26N4O. The van der Waals surface area contributed by atoms with E-state index in [1.807, 2.05) is 18.2 Å². The Morgan fingerprint density at radius 1 is 1.32 bits per heavy atom. The first-order valence-corrected chi connectivity index (χ1v) is 8.98. The fourth-order valence-electron chi connectivity index (χ4n) is 3.96. The van der Waals surface area contributed by atoms with E-state index in [4.69, 9.17) is 11.5 Å². The van der Waals surface area contributed by atoms with Crippen molar-refractivity contribution in [2.45, 2.75) is 37.5 Å². The number of nitrogens with one attached hydrogen (secondary N) is 2. The number of phenolic OH excluding ortho intramolecular Hbond substituents is 1. The predicted octanol–water partition coefficient (Wildman–Crippen LogP) is 2.89. The van der Waals surface area contributed by atoms with Crippen LogP contribution in [0.1, 0.15) is 54.5 Å². The number of para-hydroxylation sites is 1. The van der Waals surface area contributed by atoms with Crippen molar-refractivity contribution >= 4 is 17.6 Å². The van der Waals surface area contributed by atoms with Crippen LogP contribution in [0, 0.1) is 0 Å². The molecule has 0 bridgehead atoms. The number of benzene rings is 1. The lowest BCUT2D eigenvalue weighted by molar-refractivity contribution is 0.473. The first-order chi connectivity index (χ1) is 12.0. The number of aromatic nitrogens is 1. The number of nitrogens with two attached hydrogens (primary N) is 2. The van der Waals surface area contributed by atoms with Crippen molar-refractivity contribution in [2.24, 2.45) is 5.73 Å². The molecule has 1 aromatic heterocycles. The minimum Gasteiger partial charge on any atom is -0.507 e. The third kappa shape index (κ3) is 2.78. The Morgan fingerprint density at radius 3 is 2.72 bits per heavy atom. The maximum atomic E-state index is 10.1. The van der Waals surface area contributed by atoms with Gasteiger partial charge in [0.05, 0.1) is 0 Å². The molecule has 5 heteroatoms. The maximum Gasteiger partial charge on any atom is 0.124 e. The van der Waals surface area contributed by atoms with Crippen LogP contribution in [-0.4, -0.2) is 23.2 Å². The second kappa shape index (κ2) is 5.85. The van der Waals surface area contributed by atoms with Crippen molar-refractivity contribution in [1.82, 2.24) is 10.3 Å². The highest BCUT2D eigenvalue weighted by Gasteiger charge is 2.40. The van der Waals surface area contributed by atoms with E-state index in [9.17, 15) is 5.11 Å². The van der Waals surface area contributed by atoms with Gasteiger partial charge in [-0.15, -0.1) is 0 Å². The highest BCUT2D eigenvalue weighted by atomic mass is 16.3. The second-order valence-corrected chi connectivity index (χ2v) is 7.62. The molecule has 1 saturated heterocycles. The molecule has 2 aliphatic rings. The van der Waals surface area contributed by atoms with Crippen LogP contribution in [0.15, 0.2) is 24.3 Å². The van der Waals surface area contributed by atoms with Gasteiger partial charge >= 0.3 is 0 Å². The molecule has 1 atom stereocenters. The summed E-state index contributed by atoms with van der Waals surface area (Å²) in [5, 5.41) is 13.5. The number of H-pyrrole nitrogens is 1. The molecule has 5 nitrogen and oxygen atoms in total. The molecular weight excluding hydrogens is 312 g/mol. The lowest BCUT2D eigenvalue weighted by atomic mass is 9.82. The van der Waals surface area contributed by atoms with Crippen LogP contribution < -0.4 is 16.8 Å². The third-order valence-electron chi connectivity index (χ3n) is 5.58. The van der Waals surface area contributed by atoms with Crippen molar-refractivity contribution < 1.29 is 5.11 Å². The minimum absolute atomic E-state index is 0.0851. The summed E-state index contributed by atoms with van der Waals surface area (Å²) in [5.41, 5.74) is 17.5. The summed E-state index contributed by atoms with van der Waals surface area (Å²) in [7, 11) is 0. The molecule has 1 aliphatic heterocycles. The third-order valence-corrected chi connectivity index (χ3v) is 5.58. The largest absolute Gasteiger partial charge is 0.507 e. The summed E-state index contributed by atoms with van der Waals surface area (Å²) in [6.07, 6.45) is 5.42. The van der Waals surface area contributed by atoms with Gasteiger partial charge in [-0.3, -0.25) is 0 Å². The Kier molecular flexibility index (Phi) is 3.76. The molecule has 0 radical (unpaired) electrons. The van der Waals surface area contributed by atoms with Gasteiger partial charge in [-0.1, -0.05) is 19.1 Å². The molecule has 2 heterocycles. The van der Waals surface area contributed by atoms with Crippen molar-refractivity contribution in [2.75, 3.05) is 18.8 Å². The first kappa shape index (κ1) is 16.1. The van der Waals surface area contributed by atoms with Gasteiger partial charge in [0.15, 0.2) is 0 Å². The molecule has 2 aromatic rings. The Morgan fingerprint density at radius 2 is 2.08 bits per heavy atom. The van der Waals surface area contributed by atoms with E-state index in [-0.39, 0.29) is 11.2 Å². The minimum atomic E-state index is 0.0851. The lowest BCUT2D eigenvalue weighted by Gasteiger charge is -2.23. The topological polar surface area (TPSA) is 100 Å². The van der Waals surface area contributed by atoms with Gasteiger partial charge in [-0.05, 0) is 55.5 Å². The molecule has 0 spiro atoms. The summed E-state index contributed by atoms with van der Waals surface area (Å²) in [6.45, 7) is 4.29. The first-order valence-electron chi connectivity index (χ1n) is 8.98. The molecule has 1 aliphatic carbocycles. The smallest absolute Gasteiger partial charge is 0.124 e. The molecule has 1 saturated carbocycles. The van der Waals surface area contributed by atoms with Crippen LogP contribution >= 0.6 is 0 Å². The molecule has 25 heavy (non-hydrogen) atoms. The van der Waals surface area contributed by atoms with Gasteiger partial charge in [0.1, 0.15) is 11.6 Å². The van der Waals surface area contributed by atoms with Gasteiger partial charge in [0, 0.05) is 34.5 Å². The van der Waals surface area contributed by atoms with Crippen LogP contribution in [0.5, 0.6) is 5.75 Å². The predicted molar refractivity (Wildman–Crippen MR) is 102 cm³/mol. The zero-order valence-electron chi connectivity index (χ0n) is 14.6.